The van der Waals surface area contributed by atoms with Crippen LogP contribution in [0, 0.1) is 0 Å². The first-order valence-electron chi connectivity index (χ1n) is 8.56. The Balaban J connectivity index is 1.89. The summed E-state index contributed by atoms with van der Waals surface area (Å²) in [6.07, 6.45) is 9.42. The molecule has 1 aromatic heterocycles. The Morgan fingerprint density at radius 2 is 1.67 bits per heavy atom. The summed E-state index contributed by atoms with van der Waals surface area (Å²) in [6.45, 7) is 6.38. The zero-order chi connectivity index (χ0) is 14.9. The fourth-order valence-corrected chi connectivity index (χ4v) is 2.82. The Kier molecular flexibility index (Phi) is 6.58. The van der Waals surface area contributed by atoms with Gasteiger partial charge in [-0.2, -0.15) is 0 Å². The van der Waals surface area contributed by atoms with Crippen LogP contribution in [-0.4, -0.2) is 16.1 Å². The Morgan fingerprint density at radius 1 is 0.952 bits per heavy atom. The minimum absolute atomic E-state index is 0.917. The van der Waals surface area contributed by atoms with Crippen LogP contribution >= 0.6 is 0 Å². The van der Waals surface area contributed by atoms with Crippen molar-refractivity contribution in [2.24, 2.45) is 0 Å². The van der Waals surface area contributed by atoms with Gasteiger partial charge in [-0.3, -0.25) is 0 Å². The van der Waals surface area contributed by atoms with E-state index in [1.807, 2.05) is 0 Å². The van der Waals surface area contributed by atoms with E-state index in [2.05, 4.69) is 48.0 Å². The van der Waals surface area contributed by atoms with E-state index in [0.717, 1.165) is 24.6 Å². The Bertz CT molecular complexity index is 530. The van der Waals surface area contributed by atoms with Gasteiger partial charge in [0.2, 0.25) is 5.95 Å². The second-order valence-electron chi connectivity index (χ2n) is 5.73. The number of fused-ring (bicyclic) bond motifs is 1. The molecular formula is C18H29N3. The lowest BCUT2D eigenvalue weighted by Crippen LogP contribution is -2.07. The van der Waals surface area contributed by atoms with Crippen LogP contribution in [0.15, 0.2) is 24.3 Å². The van der Waals surface area contributed by atoms with Crippen LogP contribution in [0.25, 0.3) is 11.0 Å². The Morgan fingerprint density at radius 3 is 2.43 bits per heavy atom. The van der Waals surface area contributed by atoms with E-state index in [-0.39, 0.29) is 0 Å². The van der Waals surface area contributed by atoms with Gasteiger partial charge < -0.3 is 9.88 Å². The van der Waals surface area contributed by atoms with Crippen molar-refractivity contribution < 1.29 is 0 Å². The van der Waals surface area contributed by atoms with Gasteiger partial charge in [0.25, 0.3) is 0 Å². The van der Waals surface area contributed by atoms with Gasteiger partial charge in [-0.25, -0.2) is 4.98 Å². The Labute approximate surface area is 128 Å². The maximum atomic E-state index is 4.69. The minimum Gasteiger partial charge on any atom is -0.356 e. The predicted octanol–water partition coefficient (Wildman–Crippen LogP) is 5.22. The fourth-order valence-electron chi connectivity index (χ4n) is 2.82. The SMILES string of the molecule is CCCCCCCCCn1c(NCC)nc2ccccc21. The zero-order valence-electron chi connectivity index (χ0n) is 13.6. The minimum atomic E-state index is 0.917. The summed E-state index contributed by atoms with van der Waals surface area (Å²) in [6, 6.07) is 8.42. The highest BCUT2D eigenvalue weighted by Gasteiger charge is 2.08. The van der Waals surface area contributed by atoms with Gasteiger partial charge in [-0.15, -0.1) is 0 Å². The molecule has 3 nitrogen and oxygen atoms in total. The molecule has 0 bridgehead atoms. The number of rotatable bonds is 10. The van der Waals surface area contributed by atoms with Gasteiger partial charge in [0.05, 0.1) is 11.0 Å². The molecule has 0 amide bonds. The molecule has 0 aliphatic heterocycles. The highest BCUT2D eigenvalue weighted by molar-refractivity contribution is 5.78. The quantitative estimate of drug-likeness (QED) is 0.607. The van der Waals surface area contributed by atoms with Crippen molar-refractivity contribution in [3.8, 4) is 0 Å². The molecule has 0 radical (unpaired) electrons. The lowest BCUT2D eigenvalue weighted by atomic mass is 10.1. The smallest absolute Gasteiger partial charge is 0.203 e. The van der Waals surface area contributed by atoms with E-state index in [4.69, 9.17) is 4.98 Å². The van der Waals surface area contributed by atoms with Crippen LogP contribution in [0.4, 0.5) is 5.95 Å². The summed E-state index contributed by atoms with van der Waals surface area (Å²) >= 11 is 0. The molecule has 2 aromatic rings. The van der Waals surface area contributed by atoms with Crippen LogP contribution in [-0.2, 0) is 6.54 Å². The van der Waals surface area contributed by atoms with Gasteiger partial charge in [-0.05, 0) is 25.5 Å². The summed E-state index contributed by atoms with van der Waals surface area (Å²) < 4.78 is 2.34. The first-order valence-corrected chi connectivity index (χ1v) is 8.56. The number of unbranched alkanes of at least 4 members (excludes halogenated alkanes) is 6. The topological polar surface area (TPSA) is 29.9 Å². The summed E-state index contributed by atoms with van der Waals surface area (Å²) in [5, 5.41) is 3.39. The number of nitrogens with zero attached hydrogens (tertiary/aromatic N) is 2. The molecule has 2 rings (SSSR count). The number of nitrogens with one attached hydrogen (secondary N) is 1. The van der Waals surface area contributed by atoms with Crippen LogP contribution in [0.3, 0.4) is 0 Å². The van der Waals surface area contributed by atoms with E-state index in [9.17, 15) is 0 Å². The average molecular weight is 287 g/mol. The third-order valence-electron chi connectivity index (χ3n) is 3.97. The van der Waals surface area contributed by atoms with Crippen molar-refractivity contribution in [1.29, 1.82) is 0 Å². The van der Waals surface area contributed by atoms with Gasteiger partial charge in [0.1, 0.15) is 0 Å². The molecule has 1 heterocycles. The van der Waals surface area contributed by atoms with Crippen LogP contribution < -0.4 is 5.32 Å². The van der Waals surface area contributed by atoms with E-state index in [1.54, 1.807) is 0 Å². The van der Waals surface area contributed by atoms with Gasteiger partial charge in [-0.1, -0.05) is 57.6 Å². The van der Waals surface area contributed by atoms with Gasteiger partial charge in [0, 0.05) is 13.1 Å². The van der Waals surface area contributed by atoms with Gasteiger partial charge in [0.15, 0.2) is 0 Å². The summed E-state index contributed by atoms with van der Waals surface area (Å²) in [4.78, 5) is 4.69. The van der Waals surface area contributed by atoms with E-state index < -0.39 is 0 Å². The molecule has 1 N–H and O–H groups in total. The average Bonchev–Trinajstić information content (AvgIpc) is 2.84. The monoisotopic (exact) mass is 287 g/mol. The molecule has 0 saturated carbocycles. The number of imidazole rings is 1. The number of hydrogen-bond donors (Lipinski definition) is 1. The second-order valence-corrected chi connectivity index (χ2v) is 5.73. The molecular weight excluding hydrogens is 258 g/mol. The molecule has 3 heteroatoms. The highest BCUT2D eigenvalue weighted by atomic mass is 15.2. The molecule has 0 spiro atoms. The van der Waals surface area contributed by atoms with E-state index >= 15 is 0 Å². The van der Waals surface area contributed by atoms with Crippen LogP contribution in [0.5, 0.6) is 0 Å². The third kappa shape index (κ3) is 4.48. The molecule has 0 unspecified atom stereocenters. The first-order chi connectivity index (χ1) is 10.4. The molecule has 0 aliphatic carbocycles. The number of benzene rings is 1. The molecule has 21 heavy (non-hydrogen) atoms. The predicted molar refractivity (Wildman–Crippen MR) is 91.9 cm³/mol. The van der Waals surface area contributed by atoms with Crippen molar-refractivity contribution in [2.45, 2.75) is 65.3 Å². The summed E-state index contributed by atoms with van der Waals surface area (Å²) in [5.41, 5.74) is 2.34. The molecule has 0 fully saturated rings. The Hall–Kier alpha value is -1.51. The molecule has 0 saturated heterocycles. The van der Waals surface area contributed by atoms with Crippen molar-refractivity contribution in [1.82, 2.24) is 9.55 Å². The first kappa shape index (κ1) is 15.9. The lowest BCUT2D eigenvalue weighted by molar-refractivity contribution is 0.556. The molecule has 0 atom stereocenters. The molecule has 1 aromatic carbocycles. The maximum absolute atomic E-state index is 4.69. The van der Waals surface area contributed by atoms with Crippen molar-refractivity contribution in [3.63, 3.8) is 0 Å². The third-order valence-corrected chi connectivity index (χ3v) is 3.97. The number of anilines is 1. The van der Waals surface area contributed by atoms with E-state index in [1.165, 1.54) is 50.5 Å². The van der Waals surface area contributed by atoms with Crippen LogP contribution in [0.1, 0.15) is 58.8 Å². The number of para-hydroxylation sites is 2. The normalized spacial score (nSPS) is 11.1. The van der Waals surface area contributed by atoms with E-state index in [0.29, 0.717) is 0 Å². The fraction of sp³-hybridized carbons (Fsp3) is 0.611. The zero-order valence-corrected chi connectivity index (χ0v) is 13.6. The molecule has 0 aliphatic rings. The largest absolute Gasteiger partial charge is 0.356 e. The second kappa shape index (κ2) is 8.71. The lowest BCUT2D eigenvalue weighted by Gasteiger charge is -2.09. The van der Waals surface area contributed by atoms with Gasteiger partial charge >= 0.3 is 0 Å². The van der Waals surface area contributed by atoms with Crippen molar-refractivity contribution in [3.05, 3.63) is 24.3 Å². The number of aromatic nitrogens is 2. The molecule has 116 valence electrons. The number of aryl methyl sites for hydroxylation is 1. The number of hydrogen-bond acceptors (Lipinski definition) is 2. The maximum Gasteiger partial charge on any atom is 0.203 e. The van der Waals surface area contributed by atoms with Crippen molar-refractivity contribution >= 4 is 17.0 Å². The summed E-state index contributed by atoms with van der Waals surface area (Å²) in [7, 11) is 0. The van der Waals surface area contributed by atoms with Crippen LogP contribution in [0.2, 0.25) is 0 Å². The standard InChI is InChI=1S/C18H29N3/c1-3-5-6-7-8-9-12-15-21-17-14-11-10-13-16(17)20-18(21)19-4-2/h10-11,13-14H,3-9,12,15H2,1-2H3,(H,19,20). The van der Waals surface area contributed by atoms with Crippen molar-refractivity contribution in [2.75, 3.05) is 11.9 Å². The highest BCUT2D eigenvalue weighted by Crippen LogP contribution is 2.20. The summed E-state index contributed by atoms with van der Waals surface area (Å²) in [5.74, 6) is 1.02.